The first kappa shape index (κ1) is 28.4. The number of fused-ring (bicyclic) bond motifs is 2. The summed E-state index contributed by atoms with van der Waals surface area (Å²) in [7, 11) is 1.59. The molecule has 2 fully saturated rings. The van der Waals surface area contributed by atoms with Crippen molar-refractivity contribution in [1.29, 1.82) is 0 Å². The topological polar surface area (TPSA) is 138 Å². The molecule has 11 nitrogen and oxygen atoms in total. The van der Waals surface area contributed by atoms with Crippen molar-refractivity contribution in [1.82, 2.24) is 19.4 Å². The Morgan fingerprint density at radius 1 is 1.24 bits per heavy atom. The first-order valence-corrected chi connectivity index (χ1v) is 14.8. The minimum absolute atomic E-state index is 0.0162. The smallest absolute Gasteiger partial charge is 0.333 e. The highest BCUT2D eigenvalue weighted by Crippen LogP contribution is 2.41. The van der Waals surface area contributed by atoms with Crippen LogP contribution in [0.1, 0.15) is 43.9 Å². The Morgan fingerprint density at radius 2 is 1.95 bits per heavy atom. The Bertz CT molecular complexity index is 1740. The summed E-state index contributed by atoms with van der Waals surface area (Å²) < 4.78 is 20.3. The fourth-order valence-corrected chi connectivity index (χ4v) is 7.64. The van der Waals surface area contributed by atoms with Gasteiger partial charge in [0.05, 0.1) is 36.2 Å². The maximum absolute atomic E-state index is 14.2. The average Bonchev–Trinajstić information content (AvgIpc) is 3.75. The Hall–Kier alpha value is -3.74. The minimum atomic E-state index is -1.81. The number of ether oxygens (including phenoxy) is 2. The number of carboxylic acid groups (broad SMARTS) is 1. The van der Waals surface area contributed by atoms with Crippen LogP contribution < -0.4 is 21.3 Å². The molecule has 6 rings (SSSR count). The van der Waals surface area contributed by atoms with E-state index in [-0.39, 0.29) is 18.0 Å². The number of methoxy groups -OCH3 is 1. The maximum atomic E-state index is 14.2. The highest BCUT2D eigenvalue weighted by Gasteiger charge is 2.40. The van der Waals surface area contributed by atoms with Crippen LogP contribution in [0.15, 0.2) is 50.7 Å². The number of oxazole rings is 1. The Balaban J connectivity index is 1.54. The third kappa shape index (κ3) is 4.67. The van der Waals surface area contributed by atoms with Crippen LogP contribution in [0.25, 0.3) is 21.0 Å². The van der Waals surface area contributed by atoms with Crippen LogP contribution in [-0.4, -0.2) is 51.5 Å². The van der Waals surface area contributed by atoms with Crippen LogP contribution in [0, 0.1) is 18.8 Å². The molecule has 42 heavy (non-hydrogen) atoms. The van der Waals surface area contributed by atoms with Crippen molar-refractivity contribution in [3.63, 3.8) is 0 Å². The highest BCUT2D eigenvalue weighted by molar-refractivity contribution is 7.22. The zero-order valence-electron chi connectivity index (χ0n) is 24.0. The van der Waals surface area contributed by atoms with Gasteiger partial charge >= 0.3 is 11.7 Å². The fraction of sp³-hybridized carbons (Fsp3) is 0.467. The van der Waals surface area contributed by atoms with E-state index in [1.165, 1.54) is 42.2 Å². The van der Waals surface area contributed by atoms with E-state index in [0.717, 1.165) is 36.1 Å². The summed E-state index contributed by atoms with van der Waals surface area (Å²) >= 11 is 1.22. The molecule has 0 radical (unpaired) electrons. The molecule has 2 aliphatic rings. The number of aromatic nitrogens is 3. The number of aliphatic carboxylic acids is 1. The fourth-order valence-electron chi connectivity index (χ4n) is 6.40. The number of carboxylic acids is 1. The van der Waals surface area contributed by atoms with Crippen LogP contribution in [0.3, 0.4) is 0 Å². The molecule has 0 amide bonds. The lowest BCUT2D eigenvalue weighted by Gasteiger charge is -2.27. The van der Waals surface area contributed by atoms with E-state index in [1.54, 1.807) is 14.0 Å². The van der Waals surface area contributed by atoms with Gasteiger partial charge in [0.2, 0.25) is 5.89 Å². The van der Waals surface area contributed by atoms with Gasteiger partial charge in [-0.25, -0.2) is 19.1 Å². The molecule has 0 unspecified atom stereocenters. The summed E-state index contributed by atoms with van der Waals surface area (Å²) in [5.74, 6) is 0.735. The number of para-hydroxylation sites is 1. The van der Waals surface area contributed by atoms with Crippen LogP contribution >= 0.6 is 11.3 Å². The van der Waals surface area contributed by atoms with Crippen LogP contribution in [0.2, 0.25) is 0 Å². The quantitative estimate of drug-likeness (QED) is 0.297. The van der Waals surface area contributed by atoms with Gasteiger partial charge in [0.25, 0.3) is 5.56 Å². The van der Waals surface area contributed by atoms with Gasteiger partial charge in [0, 0.05) is 5.56 Å². The van der Waals surface area contributed by atoms with Crippen LogP contribution in [0.4, 0.5) is 0 Å². The van der Waals surface area contributed by atoms with E-state index in [0.29, 0.717) is 38.7 Å². The van der Waals surface area contributed by atoms with Crippen molar-refractivity contribution in [2.75, 3.05) is 20.2 Å². The molecule has 12 heteroatoms. The van der Waals surface area contributed by atoms with Gasteiger partial charge in [-0.2, -0.15) is 0 Å². The van der Waals surface area contributed by atoms with E-state index >= 15 is 0 Å². The Labute approximate surface area is 245 Å². The largest absolute Gasteiger partial charge is 0.496 e. The summed E-state index contributed by atoms with van der Waals surface area (Å²) in [6.45, 7) is 6.44. The Morgan fingerprint density at radius 3 is 2.60 bits per heavy atom. The van der Waals surface area contributed by atoms with E-state index in [1.807, 2.05) is 24.3 Å². The molecule has 0 spiro atoms. The van der Waals surface area contributed by atoms with Gasteiger partial charge in [-0.05, 0) is 70.2 Å². The number of thiophene rings is 1. The summed E-state index contributed by atoms with van der Waals surface area (Å²) in [4.78, 5) is 45.7. The van der Waals surface area contributed by atoms with E-state index in [9.17, 15) is 19.5 Å². The van der Waals surface area contributed by atoms with E-state index in [4.69, 9.17) is 13.9 Å². The van der Waals surface area contributed by atoms with Crippen molar-refractivity contribution in [2.24, 2.45) is 11.8 Å². The molecule has 1 aliphatic carbocycles. The maximum Gasteiger partial charge on any atom is 0.333 e. The standard InChI is InChI=1S/C30H34N4O7S/c1-16-23-26(35)34(30(2,3)28(36)37)29(38)33(27(23)42-24(16)25-32-9-10-40-25)15-22(20-7-5-6-8-21(20)39-4)41-19-11-17-13-31-14-18(17)12-19/h5-10,17-19,22,31H,11-15H2,1-4H3,(H,36,37)/t17-,18+,19+,22-/m0/s1. The molecule has 4 atom stereocenters. The van der Waals surface area contributed by atoms with E-state index < -0.39 is 28.9 Å². The molecule has 1 saturated heterocycles. The third-order valence-electron chi connectivity index (χ3n) is 8.72. The second kappa shape index (κ2) is 10.8. The van der Waals surface area contributed by atoms with Gasteiger partial charge in [-0.15, -0.1) is 11.3 Å². The molecule has 1 aromatic carbocycles. The average molecular weight is 595 g/mol. The number of hydrogen-bond acceptors (Lipinski definition) is 9. The molecule has 4 aromatic rings. The lowest BCUT2D eigenvalue weighted by atomic mass is 10.0. The zero-order chi connectivity index (χ0) is 29.8. The number of rotatable bonds is 9. The number of carbonyl (C=O) groups is 1. The van der Waals surface area contributed by atoms with Gasteiger partial charge in [-0.1, -0.05) is 18.2 Å². The third-order valence-corrected chi connectivity index (χ3v) is 10.0. The summed E-state index contributed by atoms with van der Waals surface area (Å²) in [6, 6.07) is 7.53. The first-order valence-electron chi connectivity index (χ1n) is 14.0. The molecule has 2 N–H and O–H groups in total. The molecule has 0 bridgehead atoms. The summed E-state index contributed by atoms with van der Waals surface area (Å²) in [5, 5.41) is 13.8. The molecule has 4 heterocycles. The molecular formula is C30H34N4O7S. The lowest BCUT2D eigenvalue weighted by Crippen LogP contribution is -2.52. The van der Waals surface area contributed by atoms with Crippen LogP contribution in [0.5, 0.6) is 5.75 Å². The monoisotopic (exact) mass is 594 g/mol. The lowest BCUT2D eigenvalue weighted by molar-refractivity contribution is -0.146. The molecule has 3 aromatic heterocycles. The van der Waals surface area contributed by atoms with Crippen molar-refractivity contribution in [3.05, 3.63) is 68.7 Å². The summed E-state index contributed by atoms with van der Waals surface area (Å²) in [6.07, 6.45) is 4.14. The summed E-state index contributed by atoms with van der Waals surface area (Å²) in [5.41, 5.74) is -1.87. The van der Waals surface area contributed by atoms with Crippen molar-refractivity contribution >= 4 is 27.5 Å². The second-order valence-electron chi connectivity index (χ2n) is 11.6. The molecule has 222 valence electrons. The number of aryl methyl sites for hydroxylation is 1. The van der Waals surface area contributed by atoms with Crippen LogP contribution in [-0.2, 0) is 21.6 Å². The molecule has 1 saturated carbocycles. The zero-order valence-corrected chi connectivity index (χ0v) is 24.8. The van der Waals surface area contributed by atoms with Crippen molar-refractivity contribution < 1.29 is 23.8 Å². The number of nitrogens with one attached hydrogen (secondary N) is 1. The molecular weight excluding hydrogens is 560 g/mol. The number of hydrogen-bond donors (Lipinski definition) is 2. The van der Waals surface area contributed by atoms with Gasteiger partial charge in [0.15, 0.2) is 0 Å². The predicted molar refractivity (Wildman–Crippen MR) is 157 cm³/mol. The second-order valence-corrected chi connectivity index (χ2v) is 12.6. The van der Waals surface area contributed by atoms with Crippen molar-refractivity contribution in [2.45, 2.75) is 57.9 Å². The van der Waals surface area contributed by atoms with Gasteiger partial charge in [0.1, 0.15) is 28.5 Å². The minimum Gasteiger partial charge on any atom is -0.496 e. The first-order chi connectivity index (χ1) is 20.1. The predicted octanol–water partition coefficient (Wildman–Crippen LogP) is 3.77. The highest BCUT2D eigenvalue weighted by atomic mass is 32.1. The number of nitrogens with zero attached hydrogens (tertiary/aromatic N) is 3. The molecule has 1 aliphatic heterocycles. The Kier molecular flexibility index (Phi) is 7.32. The van der Waals surface area contributed by atoms with Crippen molar-refractivity contribution in [3.8, 4) is 16.5 Å². The SMILES string of the molecule is COc1ccccc1[C@H](Cn1c(=O)n(C(C)(C)C(=O)O)c(=O)c2c(C)c(-c3ncco3)sc21)O[C@@H]1C[C@H]2CNC[C@H]2C1. The van der Waals surface area contributed by atoms with E-state index in [2.05, 4.69) is 10.3 Å². The van der Waals surface area contributed by atoms with Gasteiger partial charge in [-0.3, -0.25) is 9.36 Å². The normalized spacial score (nSPS) is 21.1. The van der Waals surface area contributed by atoms with Gasteiger partial charge < -0.3 is 24.3 Å². The number of benzene rings is 1.